The number of para-hydroxylation sites is 1. The summed E-state index contributed by atoms with van der Waals surface area (Å²) in [6.07, 6.45) is 9.86. The van der Waals surface area contributed by atoms with Crippen LogP contribution in [0.1, 0.15) is 107 Å². The number of allylic oxidation sites excluding steroid dienone is 1. The minimum Gasteiger partial charge on any atom is -0.404 e. The summed E-state index contributed by atoms with van der Waals surface area (Å²) in [5.74, 6) is -2.13. The molecule has 0 spiro atoms. The van der Waals surface area contributed by atoms with Crippen molar-refractivity contribution >= 4 is 57.8 Å². The number of β-amino-alcohol motifs (C(OH)–C–C–N with tert-alkyl or cyclic N) is 1. The second-order valence-corrected chi connectivity index (χ2v) is 22.3. The fraction of sp³-hybridized carbons (Fsp3) is 0.483. The van der Waals surface area contributed by atoms with Crippen molar-refractivity contribution in [1.29, 1.82) is 0 Å². The minimum atomic E-state index is -0.896. The first kappa shape index (κ1) is 56.7. The molecule has 5 N–H and O–H groups in total. The van der Waals surface area contributed by atoms with Gasteiger partial charge in [0.2, 0.25) is 23.6 Å². The summed E-state index contributed by atoms with van der Waals surface area (Å²) >= 11 is 1.57. The number of nitrogens with two attached hydrogens (primary N) is 1. The monoisotopic (exact) mass is 1070 g/mol. The van der Waals surface area contributed by atoms with E-state index in [-0.39, 0.29) is 61.8 Å². The number of aromatic nitrogens is 3. The van der Waals surface area contributed by atoms with Crippen LogP contribution in [0.25, 0.3) is 38.2 Å². The number of nitrogens with one attached hydrogen (secondary N) is 2. The molecular weight excluding hydrogens is 1000 g/mol. The summed E-state index contributed by atoms with van der Waals surface area (Å²) in [4.78, 5) is 78.9. The Hall–Kier alpha value is -6.54. The molecule has 16 nitrogen and oxygen atoms in total. The number of nitrogens with zero attached hydrogens (tertiary/aromatic N) is 7. The summed E-state index contributed by atoms with van der Waals surface area (Å²) < 4.78 is 36.3. The van der Waals surface area contributed by atoms with Crippen molar-refractivity contribution in [2.75, 3.05) is 45.9 Å². The van der Waals surface area contributed by atoms with Gasteiger partial charge in [0, 0.05) is 94.2 Å². The number of hydrogen-bond donors (Lipinski definition) is 4. The lowest BCUT2D eigenvalue weighted by atomic mass is 9.85. The van der Waals surface area contributed by atoms with E-state index in [0.717, 1.165) is 47.4 Å². The standard InChI is InChI=1S/C58H72F2N10O6S/c1-37-54(77-36-65-37)39-17-15-38(16-18-39)31-64-56(74)50-29-43(71)34-70(50)57(75)55(58(2,3)4)67-51(72)13-8-6-5-7-9-14-52(73)69-21-19-42(20-22-69)62-32-41(30-61)49-33-63-48-12-10-11-44(53(48)66-49)40-27-46(59)45(47(60)28-40)35-68-23-25-76-26-24-68/h10-12,15-18,27-28,30,32-33,36,42-43,50,55,71H,5-9,13-14,19-26,29,31,34-35,61H2,1-4H3,(H,64,74)(H,67,72)/t43?,50?,55-/m1/s1. The van der Waals surface area contributed by atoms with Gasteiger partial charge in [0.15, 0.2) is 0 Å². The van der Waals surface area contributed by atoms with Crippen molar-refractivity contribution in [3.8, 4) is 21.6 Å². The van der Waals surface area contributed by atoms with Crippen molar-refractivity contribution < 1.29 is 37.8 Å². The number of morpholine rings is 1. The van der Waals surface area contributed by atoms with Crippen LogP contribution in [0.4, 0.5) is 8.78 Å². The normalized spacial score (nSPS) is 18.3. The number of unbranched alkanes of at least 4 members (excludes halogenated alkanes) is 4. The SMILES string of the molecule is Cc1ncsc1-c1ccc(CNC(=O)C2CC(O)CN2C(=O)[C@@H](NC(=O)CCCCCCCC(=O)N2CCC(N=CC(=CN)c3cnc4cccc(-c5cc(F)c(CN6CCOCC6)c(F)c5)c4n3)CC2)C(C)(C)C)cc1. The van der Waals surface area contributed by atoms with Gasteiger partial charge < -0.3 is 36.0 Å². The number of ether oxygens (including phenoxy) is 1. The lowest BCUT2D eigenvalue weighted by molar-refractivity contribution is -0.144. The smallest absolute Gasteiger partial charge is 0.246 e. The summed E-state index contributed by atoms with van der Waals surface area (Å²) in [5.41, 5.74) is 13.1. The van der Waals surface area contributed by atoms with E-state index >= 15 is 8.78 Å². The van der Waals surface area contributed by atoms with E-state index in [4.69, 9.17) is 20.4 Å². The van der Waals surface area contributed by atoms with Gasteiger partial charge in [-0.1, -0.05) is 76.4 Å². The van der Waals surface area contributed by atoms with Gasteiger partial charge in [0.05, 0.1) is 64.4 Å². The van der Waals surface area contributed by atoms with Crippen LogP contribution >= 0.6 is 11.3 Å². The Morgan fingerprint density at radius 1 is 0.935 bits per heavy atom. The Kier molecular flexibility index (Phi) is 19.3. The fourth-order valence-corrected chi connectivity index (χ4v) is 11.0. The molecule has 410 valence electrons. The molecule has 0 bridgehead atoms. The molecular formula is C58H72F2N10O6S. The number of amides is 4. The number of aryl methyl sites for hydroxylation is 1. The predicted octanol–water partition coefficient (Wildman–Crippen LogP) is 7.74. The van der Waals surface area contributed by atoms with Gasteiger partial charge in [0.25, 0.3) is 0 Å². The number of carbonyl (C=O) groups excluding carboxylic acids is 4. The number of thiazole rings is 1. The number of benzene rings is 3. The zero-order chi connectivity index (χ0) is 54.6. The summed E-state index contributed by atoms with van der Waals surface area (Å²) in [7, 11) is 0. The second-order valence-electron chi connectivity index (χ2n) is 21.5. The first-order valence-electron chi connectivity index (χ1n) is 26.9. The maximum Gasteiger partial charge on any atom is 0.246 e. The van der Waals surface area contributed by atoms with Crippen LogP contribution in [0.3, 0.4) is 0 Å². The maximum atomic E-state index is 15.4. The molecule has 0 saturated carbocycles. The number of piperidine rings is 1. The van der Waals surface area contributed by atoms with Gasteiger partial charge in [0.1, 0.15) is 23.7 Å². The molecule has 3 aromatic carbocycles. The maximum absolute atomic E-state index is 15.4. The Morgan fingerprint density at radius 3 is 2.31 bits per heavy atom. The van der Waals surface area contributed by atoms with Crippen molar-refractivity contribution in [2.45, 2.75) is 129 Å². The molecule has 3 aliphatic rings. The first-order chi connectivity index (χ1) is 37.1. The summed E-state index contributed by atoms with van der Waals surface area (Å²) in [6, 6.07) is 14.1. The van der Waals surface area contributed by atoms with Gasteiger partial charge in [-0.3, -0.25) is 34.1 Å². The Morgan fingerprint density at radius 2 is 1.64 bits per heavy atom. The first-order valence-corrected chi connectivity index (χ1v) is 27.8. The van der Waals surface area contributed by atoms with E-state index in [1.54, 1.807) is 41.9 Å². The number of halogens is 2. The third-order valence-corrected chi connectivity index (χ3v) is 15.7. The van der Waals surface area contributed by atoms with E-state index in [9.17, 15) is 24.3 Å². The molecule has 2 unspecified atom stereocenters. The number of fused-ring (bicyclic) bond motifs is 1. The van der Waals surface area contributed by atoms with Crippen LogP contribution in [0, 0.1) is 24.0 Å². The Labute approximate surface area is 453 Å². The number of likely N-dealkylation sites (tertiary alicyclic amines) is 2. The Balaban J connectivity index is 0.737. The van der Waals surface area contributed by atoms with Crippen LogP contribution in [0.15, 0.2) is 77.5 Å². The number of carbonyl (C=O) groups is 4. The number of hydrogen-bond acceptors (Lipinski definition) is 13. The van der Waals surface area contributed by atoms with Crippen LogP contribution in [0.2, 0.25) is 0 Å². The van der Waals surface area contributed by atoms with E-state index in [1.165, 1.54) is 23.2 Å². The topological polar surface area (TPSA) is 209 Å². The van der Waals surface area contributed by atoms with E-state index in [1.807, 2.05) is 67.3 Å². The van der Waals surface area contributed by atoms with Crippen LogP contribution in [-0.2, 0) is 37.0 Å². The number of aliphatic hydroxyl groups excluding tert-OH is 1. The average molecular weight is 1080 g/mol. The highest BCUT2D eigenvalue weighted by molar-refractivity contribution is 7.13. The summed E-state index contributed by atoms with van der Waals surface area (Å²) in [5, 5.41) is 16.5. The van der Waals surface area contributed by atoms with E-state index < -0.39 is 41.1 Å². The molecule has 3 saturated heterocycles. The molecule has 19 heteroatoms. The molecule has 5 heterocycles. The Bertz CT molecular complexity index is 2910. The zero-order valence-corrected chi connectivity index (χ0v) is 45.4. The number of aliphatic hydroxyl groups is 1. The highest BCUT2D eigenvalue weighted by atomic mass is 32.1. The molecule has 8 rings (SSSR count). The van der Waals surface area contributed by atoms with E-state index in [0.29, 0.717) is 98.5 Å². The van der Waals surface area contributed by atoms with E-state index in [2.05, 4.69) is 20.6 Å². The van der Waals surface area contributed by atoms with Crippen LogP contribution < -0.4 is 16.4 Å². The molecule has 5 aromatic rings. The average Bonchev–Trinajstić information content (AvgIpc) is 4.05. The third kappa shape index (κ3) is 14.7. The van der Waals surface area contributed by atoms with Gasteiger partial charge in [-0.25, -0.2) is 18.7 Å². The predicted molar refractivity (Wildman–Crippen MR) is 295 cm³/mol. The van der Waals surface area contributed by atoms with Gasteiger partial charge in [-0.15, -0.1) is 11.3 Å². The van der Waals surface area contributed by atoms with Gasteiger partial charge >= 0.3 is 0 Å². The molecule has 0 radical (unpaired) electrons. The molecule has 3 aliphatic heterocycles. The third-order valence-electron chi connectivity index (χ3n) is 14.7. The highest BCUT2D eigenvalue weighted by Gasteiger charge is 2.44. The molecule has 4 amide bonds. The molecule has 3 atom stereocenters. The van der Waals surface area contributed by atoms with Crippen LogP contribution in [-0.4, -0.2) is 135 Å². The number of rotatable bonds is 20. The van der Waals surface area contributed by atoms with Crippen LogP contribution in [0.5, 0.6) is 0 Å². The molecule has 0 aliphatic carbocycles. The summed E-state index contributed by atoms with van der Waals surface area (Å²) in [6.45, 7) is 11.5. The zero-order valence-electron chi connectivity index (χ0n) is 44.6. The van der Waals surface area contributed by atoms with Crippen molar-refractivity contribution in [3.63, 3.8) is 0 Å². The lowest BCUT2D eigenvalue weighted by Crippen LogP contribution is -2.57. The quantitative estimate of drug-likeness (QED) is 0.0438. The molecule has 2 aromatic heterocycles. The van der Waals surface area contributed by atoms with Gasteiger partial charge in [-0.2, -0.15) is 0 Å². The molecule has 3 fully saturated rings. The second kappa shape index (κ2) is 26.2. The van der Waals surface area contributed by atoms with Crippen molar-refractivity contribution in [2.24, 2.45) is 16.1 Å². The van der Waals surface area contributed by atoms with Crippen molar-refractivity contribution in [3.05, 3.63) is 107 Å². The van der Waals surface area contributed by atoms with Crippen molar-refractivity contribution in [1.82, 2.24) is 40.3 Å². The van der Waals surface area contributed by atoms with Gasteiger partial charge in [-0.05, 0) is 72.9 Å². The number of aliphatic imine (C=N–C) groups is 1. The highest BCUT2D eigenvalue weighted by Crippen LogP contribution is 2.32. The largest absolute Gasteiger partial charge is 0.404 e. The minimum absolute atomic E-state index is 0.00348. The lowest BCUT2D eigenvalue weighted by Gasteiger charge is -2.35. The fourth-order valence-electron chi connectivity index (χ4n) is 10.2. The molecule has 77 heavy (non-hydrogen) atoms.